The van der Waals surface area contributed by atoms with Crippen molar-refractivity contribution in [3.8, 4) is 0 Å². The molecule has 2 aromatic rings. The highest BCUT2D eigenvalue weighted by molar-refractivity contribution is 6.39. The van der Waals surface area contributed by atoms with Gasteiger partial charge in [0.1, 0.15) is 0 Å². The van der Waals surface area contributed by atoms with Crippen LogP contribution >= 0.6 is 23.2 Å². The third kappa shape index (κ3) is 9.01. The molecule has 2 fully saturated rings. The molecule has 9 heteroatoms. The van der Waals surface area contributed by atoms with Crippen molar-refractivity contribution >= 4 is 46.5 Å². The van der Waals surface area contributed by atoms with Crippen molar-refractivity contribution in [2.24, 2.45) is 0 Å². The van der Waals surface area contributed by atoms with Crippen LogP contribution in [-0.2, 0) is 4.79 Å². The maximum Gasteiger partial charge on any atom is 0.321 e. The maximum atomic E-state index is 12.8. The Labute approximate surface area is 266 Å². The molecule has 1 aliphatic carbocycles. The number of urea groups is 1. The number of likely N-dealkylation sites (tertiary alicyclic amines) is 1. The first-order chi connectivity index (χ1) is 20.9. The largest absolute Gasteiger partial charge is 0.369 e. The van der Waals surface area contributed by atoms with E-state index in [0.717, 1.165) is 57.5 Å². The van der Waals surface area contributed by atoms with Crippen LogP contribution < -0.4 is 10.6 Å². The zero-order chi connectivity index (χ0) is 30.8. The Morgan fingerprint density at radius 1 is 0.884 bits per heavy atom. The fraction of sp³-hybridized carbons (Fsp3) is 0.471. The van der Waals surface area contributed by atoms with Gasteiger partial charge in [0.25, 0.3) is 0 Å². The number of carbonyl (C=O) groups is 2. The molecular weight excluding hydrogens is 581 g/mol. The summed E-state index contributed by atoms with van der Waals surface area (Å²) in [5.74, 6) is 0.390. The van der Waals surface area contributed by atoms with Gasteiger partial charge in [-0.2, -0.15) is 0 Å². The lowest BCUT2D eigenvalue weighted by molar-refractivity contribution is -0.117. The fourth-order valence-corrected chi connectivity index (χ4v) is 6.36. The Kier molecular flexibility index (Phi) is 12.4. The molecule has 0 spiro atoms. The number of piperidine rings is 1. The number of nitrogens with one attached hydrogen (secondary N) is 2. The monoisotopic (exact) mass is 625 g/mol. The maximum absolute atomic E-state index is 12.8. The number of benzene rings is 2. The van der Waals surface area contributed by atoms with Crippen LogP contribution in [0.5, 0.6) is 0 Å². The van der Waals surface area contributed by atoms with E-state index in [1.165, 1.54) is 23.3 Å². The van der Waals surface area contributed by atoms with Gasteiger partial charge >= 0.3 is 6.03 Å². The van der Waals surface area contributed by atoms with Crippen molar-refractivity contribution in [2.75, 3.05) is 56.4 Å². The molecule has 3 aliphatic rings. The van der Waals surface area contributed by atoms with Crippen molar-refractivity contribution in [1.82, 2.24) is 14.7 Å². The molecule has 232 valence electrons. The average Bonchev–Trinajstić information content (AvgIpc) is 3.04. The summed E-state index contributed by atoms with van der Waals surface area (Å²) in [5.41, 5.74) is 5.38. The number of para-hydroxylation sites is 1. The van der Waals surface area contributed by atoms with E-state index in [2.05, 4.69) is 51.6 Å². The molecule has 3 amide bonds. The molecule has 2 heterocycles. The summed E-state index contributed by atoms with van der Waals surface area (Å²) in [4.78, 5) is 32.0. The number of rotatable bonds is 7. The summed E-state index contributed by atoms with van der Waals surface area (Å²) in [6.07, 6.45) is 9.88. The molecule has 0 unspecified atom stereocenters. The molecule has 7 nitrogen and oxygen atoms in total. The van der Waals surface area contributed by atoms with Crippen LogP contribution in [-0.4, -0.2) is 72.5 Å². The van der Waals surface area contributed by atoms with E-state index in [0.29, 0.717) is 41.3 Å². The highest BCUT2D eigenvalue weighted by Crippen LogP contribution is 2.32. The third-order valence-corrected chi connectivity index (χ3v) is 9.00. The van der Waals surface area contributed by atoms with Gasteiger partial charge < -0.3 is 20.4 Å². The summed E-state index contributed by atoms with van der Waals surface area (Å²) >= 11 is 12.4. The van der Waals surface area contributed by atoms with Crippen molar-refractivity contribution in [3.05, 3.63) is 81.5 Å². The first kappa shape index (κ1) is 32.9. The van der Waals surface area contributed by atoms with Crippen molar-refractivity contribution in [2.45, 2.75) is 58.8 Å². The van der Waals surface area contributed by atoms with Gasteiger partial charge in [-0.3, -0.25) is 9.69 Å². The molecule has 0 bridgehead atoms. The van der Waals surface area contributed by atoms with Gasteiger partial charge in [0.2, 0.25) is 5.91 Å². The van der Waals surface area contributed by atoms with Crippen molar-refractivity contribution in [3.63, 3.8) is 0 Å². The Morgan fingerprint density at radius 3 is 2.16 bits per heavy atom. The average molecular weight is 627 g/mol. The molecule has 2 aliphatic heterocycles. The minimum Gasteiger partial charge on any atom is -0.369 e. The molecule has 5 rings (SSSR count). The summed E-state index contributed by atoms with van der Waals surface area (Å²) in [7, 11) is 0. The van der Waals surface area contributed by atoms with Gasteiger partial charge in [-0.25, -0.2) is 4.79 Å². The lowest BCUT2D eigenvalue weighted by Crippen LogP contribution is -2.48. The van der Waals surface area contributed by atoms with Crippen LogP contribution in [0.4, 0.5) is 16.2 Å². The number of allylic oxidation sites excluding steroid dienone is 3. The molecule has 43 heavy (non-hydrogen) atoms. The highest BCUT2D eigenvalue weighted by atomic mass is 35.5. The van der Waals surface area contributed by atoms with Crippen molar-refractivity contribution in [1.29, 1.82) is 0 Å². The van der Waals surface area contributed by atoms with E-state index in [-0.39, 0.29) is 11.9 Å². The van der Waals surface area contributed by atoms with E-state index >= 15 is 0 Å². The van der Waals surface area contributed by atoms with E-state index in [9.17, 15) is 9.59 Å². The quantitative estimate of drug-likeness (QED) is 0.327. The van der Waals surface area contributed by atoms with E-state index in [4.69, 9.17) is 23.2 Å². The van der Waals surface area contributed by atoms with Crippen LogP contribution in [0.3, 0.4) is 0 Å². The summed E-state index contributed by atoms with van der Waals surface area (Å²) in [5, 5.41) is 6.76. The van der Waals surface area contributed by atoms with E-state index in [1.807, 2.05) is 26.0 Å². The highest BCUT2D eigenvalue weighted by Gasteiger charge is 2.25. The third-order valence-electron chi connectivity index (χ3n) is 8.37. The normalized spacial score (nSPS) is 17.8. The number of hydrogen-bond donors (Lipinski definition) is 2. The number of carbonyl (C=O) groups excluding carboxylic acids is 2. The van der Waals surface area contributed by atoms with Gasteiger partial charge in [0.15, 0.2) is 0 Å². The summed E-state index contributed by atoms with van der Waals surface area (Å²) < 4.78 is 0. The zero-order valence-electron chi connectivity index (χ0n) is 25.7. The van der Waals surface area contributed by atoms with Gasteiger partial charge in [-0.05, 0) is 73.9 Å². The number of anilines is 2. The topological polar surface area (TPSA) is 67.9 Å². The smallest absolute Gasteiger partial charge is 0.321 e. The number of hydrogen-bond acceptors (Lipinski definition) is 4. The minimum atomic E-state index is -0.188. The number of halogens is 2. The SMILES string of the molecule is CC.CCC1=CC(N2CCN(CC(=O)Nc3ccc(C4CCN(C(=O)Nc5c(Cl)cccc5Cl)CC4)cc3)CC2)=CCC1. The Balaban J connectivity index is 0.00000207. The first-order valence-electron chi connectivity index (χ1n) is 15.7. The molecule has 0 atom stereocenters. The Hall–Kier alpha value is -3.00. The predicted octanol–water partition coefficient (Wildman–Crippen LogP) is 8.00. The Bertz CT molecular complexity index is 1270. The molecule has 0 aromatic heterocycles. The van der Waals surface area contributed by atoms with Gasteiger partial charge in [0, 0.05) is 50.7 Å². The number of piperazine rings is 1. The molecule has 2 N–H and O–H groups in total. The fourth-order valence-electron chi connectivity index (χ4n) is 5.87. The molecular formula is C34H45Cl2N5O2. The van der Waals surface area contributed by atoms with Crippen LogP contribution in [0.25, 0.3) is 0 Å². The zero-order valence-corrected chi connectivity index (χ0v) is 27.2. The molecule has 2 saturated heterocycles. The standard InChI is InChI=1S/C32H39Cl2N5O2.C2H6/c1-2-23-5-3-6-27(21-23)38-19-17-37(18-20-38)22-30(40)35-26-11-9-24(10-12-26)25-13-15-39(16-14-25)32(41)36-31-28(33)7-4-8-29(31)34;1-2/h4,6-12,21,25H,2-3,5,13-20,22H2,1H3,(H,35,40)(H,36,41);1-2H3. The second-order valence-corrected chi connectivity index (χ2v) is 11.9. The van der Waals surface area contributed by atoms with Gasteiger partial charge in [-0.1, -0.05) is 73.8 Å². The summed E-state index contributed by atoms with van der Waals surface area (Å²) in [6, 6.07) is 13.1. The predicted molar refractivity (Wildman–Crippen MR) is 179 cm³/mol. The second-order valence-electron chi connectivity index (χ2n) is 11.0. The number of amides is 3. The van der Waals surface area contributed by atoms with Gasteiger partial charge in [-0.15, -0.1) is 0 Å². The van der Waals surface area contributed by atoms with Crippen molar-refractivity contribution < 1.29 is 9.59 Å². The van der Waals surface area contributed by atoms with Crippen LogP contribution in [0.2, 0.25) is 10.0 Å². The number of nitrogens with zero attached hydrogens (tertiary/aromatic N) is 3. The van der Waals surface area contributed by atoms with Gasteiger partial charge in [0.05, 0.1) is 22.3 Å². The molecule has 0 radical (unpaired) electrons. The van der Waals surface area contributed by atoms with Crippen LogP contribution in [0.1, 0.15) is 64.4 Å². The van der Waals surface area contributed by atoms with Crippen LogP contribution in [0.15, 0.2) is 65.9 Å². The summed E-state index contributed by atoms with van der Waals surface area (Å²) in [6.45, 7) is 11.6. The first-order valence-corrected chi connectivity index (χ1v) is 16.4. The lowest BCUT2D eigenvalue weighted by atomic mass is 9.89. The minimum absolute atomic E-state index is 0.0224. The van der Waals surface area contributed by atoms with Crippen LogP contribution in [0, 0.1) is 0 Å². The second kappa shape index (κ2) is 16.2. The Morgan fingerprint density at radius 2 is 1.53 bits per heavy atom. The lowest BCUT2D eigenvalue weighted by Gasteiger charge is -2.37. The molecule has 2 aromatic carbocycles. The molecule has 0 saturated carbocycles. The van der Waals surface area contributed by atoms with E-state index in [1.54, 1.807) is 23.1 Å². The van der Waals surface area contributed by atoms with E-state index < -0.39 is 0 Å².